The van der Waals surface area contributed by atoms with Crippen LogP contribution in [0.25, 0.3) is 16.7 Å². The lowest BCUT2D eigenvalue weighted by molar-refractivity contribution is 0.752. The van der Waals surface area contributed by atoms with E-state index in [9.17, 15) is 0 Å². The van der Waals surface area contributed by atoms with Crippen molar-refractivity contribution >= 4 is 34.0 Å². The van der Waals surface area contributed by atoms with E-state index in [-0.39, 0.29) is 6.17 Å². The van der Waals surface area contributed by atoms with E-state index >= 15 is 0 Å². The van der Waals surface area contributed by atoms with Crippen LogP contribution in [0.5, 0.6) is 0 Å². The zero-order valence-electron chi connectivity index (χ0n) is 18.5. The molecule has 0 radical (unpaired) electrons. The van der Waals surface area contributed by atoms with Crippen LogP contribution in [0.4, 0.5) is 23.0 Å². The molecule has 0 amide bonds. The Morgan fingerprint density at radius 2 is 1.55 bits per heavy atom. The average molecular weight is 431 g/mol. The van der Waals surface area contributed by atoms with Crippen molar-refractivity contribution in [2.75, 3.05) is 9.80 Å². The zero-order valence-corrected chi connectivity index (χ0v) is 18.5. The number of anilines is 4. The fraction of sp³-hybridized carbons (Fsp3) is 0.148. The molecule has 0 bridgehead atoms. The molecule has 0 N–H and O–H groups in total. The summed E-state index contributed by atoms with van der Waals surface area (Å²) in [4.78, 5) is 18.9. The van der Waals surface area contributed by atoms with Crippen LogP contribution in [0.3, 0.4) is 0 Å². The van der Waals surface area contributed by atoms with Crippen LogP contribution in [0, 0.1) is 6.92 Å². The molecule has 7 rings (SSSR count). The minimum absolute atomic E-state index is 0.0296. The van der Waals surface area contributed by atoms with E-state index < -0.39 is 0 Å². The van der Waals surface area contributed by atoms with Gasteiger partial charge in [0.25, 0.3) is 0 Å². The summed E-state index contributed by atoms with van der Waals surface area (Å²) in [5, 5.41) is 0. The molecule has 3 aromatic carbocycles. The van der Waals surface area contributed by atoms with Gasteiger partial charge in [0.05, 0.1) is 16.7 Å². The lowest BCUT2D eigenvalue weighted by atomic mass is 10.1. The van der Waals surface area contributed by atoms with E-state index in [4.69, 9.17) is 15.0 Å². The lowest BCUT2D eigenvalue weighted by Crippen LogP contribution is -2.36. The summed E-state index contributed by atoms with van der Waals surface area (Å²) >= 11 is 0. The van der Waals surface area contributed by atoms with E-state index in [1.807, 2.05) is 12.1 Å². The molecule has 5 aromatic rings. The van der Waals surface area contributed by atoms with Gasteiger partial charge in [0.1, 0.15) is 12.0 Å². The minimum Gasteiger partial charge on any atom is -0.302 e. The van der Waals surface area contributed by atoms with Crippen molar-refractivity contribution in [3.63, 3.8) is 0 Å². The highest BCUT2D eigenvalue weighted by Gasteiger charge is 2.38. The van der Waals surface area contributed by atoms with Gasteiger partial charge in [-0.25, -0.2) is 15.0 Å². The second-order valence-corrected chi connectivity index (χ2v) is 8.71. The number of fused-ring (bicyclic) bond motifs is 6. The van der Waals surface area contributed by atoms with Crippen LogP contribution in [0.1, 0.15) is 23.9 Å². The second-order valence-electron chi connectivity index (χ2n) is 8.71. The van der Waals surface area contributed by atoms with E-state index in [1.54, 1.807) is 12.4 Å². The fourth-order valence-electron chi connectivity index (χ4n) is 5.36. The Hall–Kier alpha value is -4.19. The molecule has 4 heterocycles. The van der Waals surface area contributed by atoms with Gasteiger partial charge in [-0.3, -0.25) is 4.57 Å². The predicted octanol–water partition coefficient (Wildman–Crippen LogP) is 5.66. The molecule has 33 heavy (non-hydrogen) atoms. The summed E-state index contributed by atoms with van der Waals surface area (Å²) in [5.74, 6) is 2.86. The molecule has 0 unspecified atom stereocenters. The maximum Gasteiger partial charge on any atom is 0.178 e. The number of nitrogens with zero attached hydrogens (tertiary/aromatic N) is 6. The summed E-state index contributed by atoms with van der Waals surface area (Å²) in [5.41, 5.74) is 8.19. The molecule has 0 saturated heterocycles. The predicted molar refractivity (Wildman–Crippen MR) is 131 cm³/mol. The Morgan fingerprint density at radius 1 is 0.818 bits per heavy atom. The summed E-state index contributed by atoms with van der Waals surface area (Å²) in [6.07, 6.45) is 4.43. The third kappa shape index (κ3) is 2.52. The molecule has 0 spiro atoms. The first-order valence-corrected chi connectivity index (χ1v) is 11.3. The maximum absolute atomic E-state index is 4.89. The zero-order chi connectivity index (χ0) is 22.1. The Balaban J connectivity index is 1.42. The van der Waals surface area contributed by atoms with Crippen molar-refractivity contribution < 1.29 is 0 Å². The van der Waals surface area contributed by atoms with Gasteiger partial charge in [-0.05, 0) is 55.3 Å². The number of hydrogen-bond acceptors (Lipinski definition) is 5. The normalized spacial score (nSPS) is 16.2. The van der Waals surface area contributed by atoms with Gasteiger partial charge in [0, 0.05) is 30.2 Å². The molecular formula is C27H22N6. The molecule has 6 heteroatoms. The highest BCUT2D eigenvalue weighted by Crippen LogP contribution is 2.47. The Kier molecular flexibility index (Phi) is 3.71. The number of rotatable bonds is 2. The molecule has 0 aliphatic carbocycles. The smallest absolute Gasteiger partial charge is 0.178 e. The Morgan fingerprint density at radius 3 is 2.36 bits per heavy atom. The third-order valence-corrected chi connectivity index (χ3v) is 6.77. The first-order valence-electron chi connectivity index (χ1n) is 11.3. The molecular weight excluding hydrogens is 408 g/mol. The summed E-state index contributed by atoms with van der Waals surface area (Å²) in [6.45, 7) is 4.39. The molecule has 2 aliphatic rings. The van der Waals surface area contributed by atoms with Crippen molar-refractivity contribution in [3.8, 4) is 5.69 Å². The van der Waals surface area contributed by atoms with Gasteiger partial charge < -0.3 is 9.80 Å². The van der Waals surface area contributed by atoms with Crippen molar-refractivity contribution in [1.29, 1.82) is 0 Å². The molecule has 0 fully saturated rings. The van der Waals surface area contributed by atoms with Crippen molar-refractivity contribution in [1.82, 2.24) is 19.5 Å². The van der Waals surface area contributed by atoms with Crippen LogP contribution in [-0.4, -0.2) is 25.7 Å². The highest BCUT2D eigenvalue weighted by molar-refractivity contribution is 5.86. The third-order valence-electron chi connectivity index (χ3n) is 6.77. The SMILES string of the molecule is Cc1cc2c(cc1N1c3nccnc3N(c3ccccc3)[C@@H]1C)-n1c(nc3ccccc31)C2. The van der Waals surface area contributed by atoms with Crippen LogP contribution in [0.2, 0.25) is 0 Å². The maximum atomic E-state index is 4.89. The Bertz CT molecular complexity index is 1540. The molecule has 2 aromatic heterocycles. The van der Waals surface area contributed by atoms with Crippen molar-refractivity contribution in [2.45, 2.75) is 26.4 Å². The largest absolute Gasteiger partial charge is 0.302 e. The minimum atomic E-state index is 0.0296. The second kappa shape index (κ2) is 6.65. The van der Waals surface area contributed by atoms with E-state index in [1.165, 1.54) is 16.8 Å². The summed E-state index contributed by atoms with van der Waals surface area (Å²) in [7, 11) is 0. The summed E-state index contributed by atoms with van der Waals surface area (Å²) in [6, 6.07) is 23.4. The van der Waals surface area contributed by atoms with Crippen LogP contribution in [-0.2, 0) is 6.42 Å². The average Bonchev–Trinajstić information content (AvgIpc) is 3.46. The van der Waals surface area contributed by atoms with Gasteiger partial charge in [-0.15, -0.1) is 0 Å². The van der Waals surface area contributed by atoms with Crippen LogP contribution in [0.15, 0.2) is 79.1 Å². The first kappa shape index (κ1) is 18.4. The highest BCUT2D eigenvalue weighted by atomic mass is 15.5. The van der Waals surface area contributed by atoms with Gasteiger partial charge in [-0.1, -0.05) is 36.4 Å². The first-order chi connectivity index (χ1) is 16.2. The number of para-hydroxylation sites is 3. The van der Waals surface area contributed by atoms with Crippen LogP contribution >= 0.6 is 0 Å². The number of hydrogen-bond donors (Lipinski definition) is 0. The fourth-order valence-corrected chi connectivity index (χ4v) is 5.36. The van der Waals surface area contributed by atoms with E-state index in [2.05, 4.69) is 82.8 Å². The van der Waals surface area contributed by atoms with Gasteiger partial charge in [0.2, 0.25) is 0 Å². The van der Waals surface area contributed by atoms with Gasteiger partial charge >= 0.3 is 0 Å². The van der Waals surface area contributed by atoms with Crippen molar-refractivity contribution in [2.24, 2.45) is 0 Å². The van der Waals surface area contributed by atoms with Gasteiger partial charge in [0.15, 0.2) is 11.6 Å². The van der Waals surface area contributed by atoms with Gasteiger partial charge in [-0.2, -0.15) is 0 Å². The van der Waals surface area contributed by atoms with Crippen LogP contribution < -0.4 is 9.80 Å². The van der Waals surface area contributed by atoms with E-state index in [0.717, 1.165) is 46.3 Å². The summed E-state index contributed by atoms with van der Waals surface area (Å²) < 4.78 is 2.31. The van der Waals surface area contributed by atoms with Crippen molar-refractivity contribution in [3.05, 3.63) is 96.1 Å². The number of aromatic nitrogens is 4. The quantitative estimate of drug-likeness (QED) is 0.355. The molecule has 6 nitrogen and oxygen atoms in total. The number of aryl methyl sites for hydroxylation is 1. The Labute approximate surface area is 191 Å². The topological polar surface area (TPSA) is 50.1 Å². The number of benzene rings is 3. The lowest BCUT2D eigenvalue weighted by Gasteiger charge is -2.30. The standard InChI is InChI=1S/C27H22N6/c1-17-14-19-15-25-30-21-10-6-7-11-22(21)33(25)24(19)16-23(17)32-18(2)31(20-8-4-3-5-9-20)26-27(32)29-13-12-28-26/h3-14,16,18H,15H2,1-2H3/t18-/m0/s1. The molecule has 1 atom stereocenters. The van der Waals surface area contributed by atoms with E-state index in [0.29, 0.717) is 0 Å². The number of imidazole rings is 1. The molecule has 2 aliphatic heterocycles. The molecule has 160 valence electrons. The monoisotopic (exact) mass is 430 g/mol. The molecule has 0 saturated carbocycles.